The Morgan fingerprint density at radius 2 is 1.81 bits per heavy atom. The Morgan fingerprint density at radius 3 is 2.38 bits per heavy atom. The predicted octanol–water partition coefficient (Wildman–Crippen LogP) is 3.18. The average Bonchev–Trinajstić information content (AvgIpc) is 2.61. The molecule has 2 heterocycles. The first kappa shape index (κ1) is 18.2. The molecule has 2 aromatic rings. The normalized spacial score (nSPS) is 15.3. The van der Waals surface area contributed by atoms with E-state index in [1.54, 1.807) is 4.90 Å². The summed E-state index contributed by atoms with van der Waals surface area (Å²) in [5.74, 6) is -0.643. The molecule has 0 bridgehead atoms. The first-order chi connectivity index (χ1) is 12.3. The van der Waals surface area contributed by atoms with Gasteiger partial charge in [-0.1, -0.05) is 18.2 Å². The van der Waals surface area contributed by atoms with Crippen LogP contribution in [0, 0.1) is 0 Å². The molecular formula is C17H14F3N3O2S. The molecule has 9 heteroatoms. The second-order valence-electron chi connectivity index (χ2n) is 5.54. The van der Waals surface area contributed by atoms with Crippen molar-refractivity contribution in [1.29, 1.82) is 0 Å². The molecule has 0 radical (unpaired) electrons. The van der Waals surface area contributed by atoms with Gasteiger partial charge in [0.2, 0.25) is 5.91 Å². The van der Waals surface area contributed by atoms with Gasteiger partial charge in [0.05, 0.1) is 5.56 Å². The minimum Gasteiger partial charge on any atom is -0.327 e. The van der Waals surface area contributed by atoms with Gasteiger partial charge in [0.1, 0.15) is 11.6 Å². The van der Waals surface area contributed by atoms with Gasteiger partial charge in [0.15, 0.2) is 0 Å². The summed E-state index contributed by atoms with van der Waals surface area (Å²) in [6.45, 7) is 0.593. The quantitative estimate of drug-likeness (QED) is 0.767. The van der Waals surface area contributed by atoms with Gasteiger partial charge in [-0.3, -0.25) is 9.59 Å². The number of aromatic nitrogens is 1. The summed E-state index contributed by atoms with van der Waals surface area (Å²) in [7, 11) is 0. The number of pyridine rings is 1. The van der Waals surface area contributed by atoms with E-state index in [1.165, 1.54) is 11.0 Å². The smallest absolute Gasteiger partial charge is 0.327 e. The average molecular weight is 381 g/mol. The summed E-state index contributed by atoms with van der Waals surface area (Å²) in [5, 5.41) is -0.237. The Hall–Kier alpha value is -2.55. The maximum Gasteiger partial charge on any atom is 0.447 e. The fourth-order valence-electron chi connectivity index (χ4n) is 2.60. The number of para-hydroxylation sites is 1. The van der Waals surface area contributed by atoms with Crippen LogP contribution in [0.25, 0.3) is 0 Å². The molecule has 1 fully saturated rings. The van der Waals surface area contributed by atoms with Crippen LogP contribution in [0.1, 0.15) is 10.4 Å². The lowest BCUT2D eigenvalue weighted by atomic mass is 10.2. The van der Waals surface area contributed by atoms with Crippen LogP contribution >= 0.6 is 11.8 Å². The number of nitrogens with zero attached hydrogens (tertiary/aromatic N) is 3. The van der Waals surface area contributed by atoms with Crippen LogP contribution in [0.4, 0.5) is 18.9 Å². The molecule has 0 N–H and O–H groups in total. The second kappa shape index (κ2) is 7.36. The summed E-state index contributed by atoms with van der Waals surface area (Å²) in [6.07, 6.45) is 1.10. The van der Waals surface area contributed by atoms with Crippen molar-refractivity contribution in [3.63, 3.8) is 0 Å². The van der Waals surface area contributed by atoms with Gasteiger partial charge < -0.3 is 9.80 Å². The van der Waals surface area contributed by atoms with Gasteiger partial charge in [-0.25, -0.2) is 4.98 Å². The van der Waals surface area contributed by atoms with Crippen molar-refractivity contribution in [2.75, 3.05) is 24.5 Å². The molecule has 26 heavy (non-hydrogen) atoms. The number of hydrogen-bond donors (Lipinski definition) is 0. The highest BCUT2D eigenvalue weighted by atomic mass is 32.2. The number of piperazine rings is 1. The molecule has 1 aliphatic rings. The minimum absolute atomic E-state index is 0.0905. The third-order valence-corrected chi connectivity index (χ3v) is 4.46. The maximum absolute atomic E-state index is 12.5. The molecule has 0 spiro atoms. The van der Waals surface area contributed by atoms with Gasteiger partial charge >= 0.3 is 5.51 Å². The van der Waals surface area contributed by atoms with Gasteiger partial charge in [0.25, 0.3) is 5.91 Å². The van der Waals surface area contributed by atoms with Crippen LogP contribution in [0.2, 0.25) is 0 Å². The number of anilines is 1. The van der Waals surface area contributed by atoms with E-state index in [2.05, 4.69) is 4.98 Å². The number of alkyl halides is 3. The topological polar surface area (TPSA) is 53.5 Å². The zero-order valence-corrected chi connectivity index (χ0v) is 14.3. The highest BCUT2D eigenvalue weighted by Crippen LogP contribution is 2.35. The fourth-order valence-corrected chi connectivity index (χ4v) is 3.07. The second-order valence-corrected chi connectivity index (χ2v) is 6.63. The monoisotopic (exact) mass is 381 g/mol. The Morgan fingerprint density at radius 1 is 1.08 bits per heavy atom. The van der Waals surface area contributed by atoms with E-state index in [-0.39, 0.29) is 34.8 Å². The summed E-state index contributed by atoms with van der Waals surface area (Å²) < 4.78 is 36.9. The summed E-state index contributed by atoms with van der Waals surface area (Å²) >= 11 is -0.342. The fraction of sp³-hybridized carbons (Fsp3) is 0.235. The van der Waals surface area contributed by atoms with E-state index in [0.29, 0.717) is 13.1 Å². The molecule has 2 amide bonds. The molecule has 0 unspecified atom stereocenters. The van der Waals surface area contributed by atoms with Crippen LogP contribution in [-0.4, -0.2) is 46.8 Å². The molecule has 0 aliphatic carbocycles. The third kappa shape index (κ3) is 4.34. The molecule has 1 aromatic heterocycles. The molecule has 1 aromatic carbocycles. The Balaban J connectivity index is 1.65. The zero-order chi connectivity index (χ0) is 18.7. The van der Waals surface area contributed by atoms with Crippen LogP contribution in [0.15, 0.2) is 53.7 Å². The largest absolute Gasteiger partial charge is 0.447 e. The van der Waals surface area contributed by atoms with Crippen molar-refractivity contribution in [3.8, 4) is 0 Å². The number of benzene rings is 1. The Labute approximate surface area is 151 Å². The van der Waals surface area contributed by atoms with E-state index >= 15 is 0 Å². The van der Waals surface area contributed by atoms with Crippen molar-refractivity contribution in [2.24, 2.45) is 0 Å². The predicted molar refractivity (Wildman–Crippen MR) is 90.8 cm³/mol. The lowest BCUT2D eigenvalue weighted by Gasteiger charge is -2.34. The number of thioether (sulfide) groups is 1. The van der Waals surface area contributed by atoms with Crippen LogP contribution < -0.4 is 4.90 Å². The third-order valence-electron chi connectivity index (χ3n) is 3.78. The summed E-state index contributed by atoms with van der Waals surface area (Å²) in [6, 6.07) is 11.6. The van der Waals surface area contributed by atoms with E-state index in [0.717, 1.165) is 18.0 Å². The van der Waals surface area contributed by atoms with Crippen molar-refractivity contribution in [2.45, 2.75) is 10.5 Å². The van der Waals surface area contributed by atoms with Gasteiger partial charge in [0, 0.05) is 36.7 Å². The standard InChI is InChI=1S/C17H14F3N3O2S/c18-17(19,20)26-14-7-6-12(10-21-14)16(25)22-8-9-23(15(24)11-22)13-4-2-1-3-5-13/h1-7,10H,8-9,11H2. The van der Waals surface area contributed by atoms with Crippen LogP contribution in [-0.2, 0) is 4.79 Å². The lowest BCUT2D eigenvalue weighted by molar-refractivity contribution is -0.120. The van der Waals surface area contributed by atoms with Gasteiger partial charge in [-0.05, 0) is 24.3 Å². The molecule has 3 rings (SSSR count). The number of halogens is 3. The summed E-state index contributed by atoms with van der Waals surface area (Å²) in [5.41, 5.74) is -3.52. The minimum atomic E-state index is -4.43. The lowest BCUT2D eigenvalue weighted by Crippen LogP contribution is -2.52. The van der Waals surface area contributed by atoms with Crippen LogP contribution in [0.5, 0.6) is 0 Å². The molecule has 5 nitrogen and oxygen atoms in total. The highest BCUT2D eigenvalue weighted by molar-refractivity contribution is 8.00. The van der Waals surface area contributed by atoms with E-state index in [1.807, 2.05) is 30.3 Å². The number of carbonyl (C=O) groups is 2. The van der Waals surface area contributed by atoms with Gasteiger partial charge in [-0.2, -0.15) is 13.2 Å². The molecule has 0 atom stereocenters. The number of amides is 2. The Kier molecular flexibility index (Phi) is 5.17. The highest BCUT2D eigenvalue weighted by Gasteiger charge is 2.31. The zero-order valence-electron chi connectivity index (χ0n) is 13.4. The van der Waals surface area contributed by atoms with E-state index < -0.39 is 11.4 Å². The molecule has 1 saturated heterocycles. The first-order valence-corrected chi connectivity index (χ1v) is 8.51. The molecular weight excluding hydrogens is 367 g/mol. The molecule has 136 valence electrons. The number of hydrogen-bond acceptors (Lipinski definition) is 4. The number of rotatable bonds is 3. The summed E-state index contributed by atoms with van der Waals surface area (Å²) in [4.78, 5) is 31.4. The van der Waals surface area contributed by atoms with Crippen molar-refractivity contribution < 1.29 is 22.8 Å². The van der Waals surface area contributed by atoms with Crippen molar-refractivity contribution >= 4 is 29.3 Å². The molecule has 1 aliphatic heterocycles. The van der Waals surface area contributed by atoms with Crippen LogP contribution in [0.3, 0.4) is 0 Å². The molecule has 0 saturated carbocycles. The first-order valence-electron chi connectivity index (χ1n) is 7.70. The number of carbonyl (C=O) groups excluding carboxylic acids is 2. The van der Waals surface area contributed by atoms with E-state index in [9.17, 15) is 22.8 Å². The Bertz CT molecular complexity index is 797. The SMILES string of the molecule is O=C(c1ccc(SC(F)(F)F)nc1)N1CCN(c2ccccc2)C(=O)C1. The van der Waals surface area contributed by atoms with E-state index in [4.69, 9.17) is 0 Å². The van der Waals surface area contributed by atoms with Gasteiger partial charge in [-0.15, -0.1) is 0 Å². The van der Waals surface area contributed by atoms with Crippen molar-refractivity contribution in [1.82, 2.24) is 9.88 Å². The maximum atomic E-state index is 12.5. The van der Waals surface area contributed by atoms with Crippen molar-refractivity contribution in [3.05, 3.63) is 54.2 Å².